The van der Waals surface area contributed by atoms with E-state index in [2.05, 4.69) is 5.32 Å². The quantitative estimate of drug-likeness (QED) is 0.486. The van der Waals surface area contributed by atoms with E-state index < -0.39 is 0 Å². The first kappa shape index (κ1) is 18.4. The third-order valence-corrected chi connectivity index (χ3v) is 4.53. The molecule has 29 heavy (non-hydrogen) atoms. The fourth-order valence-corrected chi connectivity index (χ4v) is 3.05. The molecule has 142 valence electrons. The van der Waals surface area contributed by atoms with Crippen molar-refractivity contribution in [3.05, 3.63) is 114 Å². The van der Waals surface area contributed by atoms with Gasteiger partial charge in [0.2, 0.25) is 5.91 Å². The van der Waals surface area contributed by atoms with E-state index in [4.69, 9.17) is 5.10 Å². The van der Waals surface area contributed by atoms with Crippen LogP contribution in [0.25, 0.3) is 23.0 Å². The van der Waals surface area contributed by atoms with Crippen LogP contribution in [-0.4, -0.2) is 15.7 Å². The number of para-hydroxylation sites is 1. The average Bonchev–Trinajstić information content (AvgIpc) is 3.22. The van der Waals surface area contributed by atoms with Gasteiger partial charge in [-0.2, -0.15) is 5.10 Å². The zero-order chi connectivity index (χ0) is 19.9. The van der Waals surface area contributed by atoms with E-state index in [0.717, 1.165) is 28.1 Å². The van der Waals surface area contributed by atoms with Crippen molar-refractivity contribution in [1.29, 1.82) is 0 Å². The first-order valence-corrected chi connectivity index (χ1v) is 9.50. The van der Waals surface area contributed by atoms with E-state index in [0.29, 0.717) is 6.54 Å². The van der Waals surface area contributed by atoms with Crippen LogP contribution >= 0.6 is 0 Å². The zero-order valence-corrected chi connectivity index (χ0v) is 15.9. The molecule has 4 rings (SSSR count). The molecule has 4 aromatic rings. The summed E-state index contributed by atoms with van der Waals surface area (Å²) in [5.41, 5.74) is 4.76. The van der Waals surface area contributed by atoms with Gasteiger partial charge in [-0.1, -0.05) is 78.9 Å². The lowest BCUT2D eigenvalue weighted by molar-refractivity contribution is -0.116. The van der Waals surface area contributed by atoms with Gasteiger partial charge in [0, 0.05) is 29.9 Å². The van der Waals surface area contributed by atoms with E-state index in [1.807, 2.05) is 108 Å². The minimum atomic E-state index is -0.139. The SMILES string of the molecule is O=C(/C=C\c1cn(-c2ccccc2)nc1-c1ccccc1)NCc1ccccc1. The Morgan fingerprint density at radius 3 is 2.17 bits per heavy atom. The highest BCUT2D eigenvalue weighted by atomic mass is 16.1. The van der Waals surface area contributed by atoms with Crippen LogP contribution in [-0.2, 0) is 11.3 Å². The molecule has 3 aromatic carbocycles. The molecule has 0 unspecified atom stereocenters. The van der Waals surface area contributed by atoms with Crippen LogP contribution in [0.3, 0.4) is 0 Å². The Labute approximate surface area is 170 Å². The maximum Gasteiger partial charge on any atom is 0.244 e. The van der Waals surface area contributed by atoms with Crippen molar-refractivity contribution in [2.75, 3.05) is 0 Å². The first-order valence-electron chi connectivity index (χ1n) is 9.50. The molecule has 0 atom stereocenters. The van der Waals surface area contributed by atoms with Crippen molar-refractivity contribution in [1.82, 2.24) is 15.1 Å². The molecular weight excluding hydrogens is 358 g/mol. The van der Waals surface area contributed by atoms with Crippen molar-refractivity contribution in [2.24, 2.45) is 0 Å². The summed E-state index contributed by atoms with van der Waals surface area (Å²) in [7, 11) is 0. The maximum absolute atomic E-state index is 12.3. The second-order valence-corrected chi connectivity index (χ2v) is 6.62. The van der Waals surface area contributed by atoms with Gasteiger partial charge in [0.15, 0.2) is 0 Å². The molecule has 0 bridgehead atoms. The van der Waals surface area contributed by atoms with E-state index >= 15 is 0 Å². The van der Waals surface area contributed by atoms with Crippen molar-refractivity contribution >= 4 is 12.0 Å². The van der Waals surface area contributed by atoms with Gasteiger partial charge < -0.3 is 5.32 Å². The van der Waals surface area contributed by atoms with Gasteiger partial charge in [-0.15, -0.1) is 0 Å². The Kier molecular flexibility index (Phi) is 5.63. The number of rotatable bonds is 6. The van der Waals surface area contributed by atoms with Crippen molar-refractivity contribution in [2.45, 2.75) is 6.54 Å². The monoisotopic (exact) mass is 379 g/mol. The van der Waals surface area contributed by atoms with E-state index in [9.17, 15) is 4.79 Å². The van der Waals surface area contributed by atoms with Gasteiger partial charge in [0.05, 0.1) is 11.4 Å². The first-order chi connectivity index (χ1) is 14.3. The number of carbonyl (C=O) groups is 1. The standard InChI is InChI=1S/C25H21N3O/c29-24(26-18-20-10-4-1-5-11-20)17-16-22-19-28(23-14-8-3-9-15-23)27-25(22)21-12-6-2-7-13-21/h1-17,19H,18H2,(H,26,29)/b17-16-. The number of aromatic nitrogens is 2. The number of nitrogens with one attached hydrogen (secondary N) is 1. The number of carbonyl (C=O) groups excluding carboxylic acids is 1. The fourth-order valence-electron chi connectivity index (χ4n) is 3.05. The topological polar surface area (TPSA) is 46.9 Å². The van der Waals surface area contributed by atoms with Gasteiger partial charge in [0.1, 0.15) is 0 Å². The summed E-state index contributed by atoms with van der Waals surface area (Å²) in [6, 6.07) is 29.8. The average molecular weight is 379 g/mol. The summed E-state index contributed by atoms with van der Waals surface area (Å²) in [6.45, 7) is 0.499. The Hall–Kier alpha value is -3.92. The lowest BCUT2D eigenvalue weighted by Gasteiger charge is -2.02. The van der Waals surface area contributed by atoms with Crippen LogP contribution in [0.5, 0.6) is 0 Å². The van der Waals surface area contributed by atoms with Gasteiger partial charge in [-0.25, -0.2) is 4.68 Å². The largest absolute Gasteiger partial charge is 0.348 e. The molecular formula is C25H21N3O. The van der Waals surface area contributed by atoms with E-state index in [1.165, 1.54) is 0 Å². The summed E-state index contributed by atoms with van der Waals surface area (Å²) in [6.07, 6.45) is 5.31. The van der Waals surface area contributed by atoms with E-state index in [1.54, 1.807) is 6.08 Å². The molecule has 0 aliphatic rings. The Balaban J connectivity index is 1.57. The van der Waals surface area contributed by atoms with Crippen molar-refractivity contribution < 1.29 is 4.79 Å². The molecule has 0 spiro atoms. The molecule has 1 N–H and O–H groups in total. The number of benzene rings is 3. The second-order valence-electron chi connectivity index (χ2n) is 6.62. The van der Waals surface area contributed by atoms with Crippen molar-refractivity contribution in [3.63, 3.8) is 0 Å². The van der Waals surface area contributed by atoms with Gasteiger partial charge in [-0.05, 0) is 23.8 Å². The van der Waals surface area contributed by atoms with Crippen LogP contribution in [0.15, 0.2) is 103 Å². The third kappa shape index (κ3) is 4.68. The smallest absolute Gasteiger partial charge is 0.244 e. The summed E-state index contributed by atoms with van der Waals surface area (Å²) in [4.78, 5) is 12.3. The summed E-state index contributed by atoms with van der Waals surface area (Å²) >= 11 is 0. The predicted molar refractivity (Wildman–Crippen MR) is 116 cm³/mol. The Morgan fingerprint density at radius 2 is 1.48 bits per heavy atom. The molecule has 4 nitrogen and oxygen atoms in total. The summed E-state index contributed by atoms with van der Waals surface area (Å²) < 4.78 is 1.84. The normalized spacial score (nSPS) is 10.9. The highest BCUT2D eigenvalue weighted by molar-refractivity contribution is 5.92. The fraction of sp³-hybridized carbons (Fsp3) is 0.0400. The molecule has 0 saturated carbocycles. The molecule has 1 amide bonds. The summed E-state index contributed by atoms with van der Waals surface area (Å²) in [5, 5.41) is 7.67. The molecule has 0 aliphatic heterocycles. The highest BCUT2D eigenvalue weighted by Crippen LogP contribution is 2.24. The van der Waals surface area contributed by atoms with E-state index in [-0.39, 0.29) is 5.91 Å². The van der Waals surface area contributed by atoms with Crippen LogP contribution in [0, 0.1) is 0 Å². The lowest BCUT2D eigenvalue weighted by Crippen LogP contribution is -2.20. The van der Waals surface area contributed by atoms with Crippen LogP contribution in [0.1, 0.15) is 11.1 Å². The highest BCUT2D eigenvalue weighted by Gasteiger charge is 2.10. The molecule has 4 heteroatoms. The zero-order valence-electron chi connectivity index (χ0n) is 15.9. The Bertz CT molecular complexity index is 1100. The molecule has 0 fully saturated rings. The van der Waals surface area contributed by atoms with Crippen LogP contribution < -0.4 is 5.32 Å². The minimum absolute atomic E-state index is 0.139. The van der Waals surface area contributed by atoms with Gasteiger partial charge >= 0.3 is 0 Å². The molecule has 1 heterocycles. The molecule has 0 saturated heterocycles. The Morgan fingerprint density at radius 1 is 0.862 bits per heavy atom. The van der Waals surface area contributed by atoms with Gasteiger partial charge in [0.25, 0.3) is 0 Å². The summed E-state index contributed by atoms with van der Waals surface area (Å²) in [5.74, 6) is -0.139. The molecule has 1 aromatic heterocycles. The van der Waals surface area contributed by atoms with Crippen LogP contribution in [0.2, 0.25) is 0 Å². The number of hydrogen-bond donors (Lipinski definition) is 1. The van der Waals surface area contributed by atoms with Crippen LogP contribution in [0.4, 0.5) is 0 Å². The predicted octanol–water partition coefficient (Wildman–Crippen LogP) is 4.87. The molecule has 0 aliphatic carbocycles. The van der Waals surface area contributed by atoms with Gasteiger partial charge in [-0.3, -0.25) is 4.79 Å². The molecule has 0 radical (unpaired) electrons. The lowest BCUT2D eigenvalue weighted by atomic mass is 10.1. The number of nitrogens with zero attached hydrogens (tertiary/aromatic N) is 2. The van der Waals surface area contributed by atoms with Crippen molar-refractivity contribution in [3.8, 4) is 16.9 Å². The second kappa shape index (κ2) is 8.85. The number of hydrogen-bond acceptors (Lipinski definition) is 2. The number of amides is 1. The third-order valence-electron chi connectivity index (χ3n) is 4.53. The maximum atomic E-state index is 12.3. The minimum Gasteiger partial charge on any atom is -0.348 e.